The lowest BCUT2D eigenvalue weighted by atomic mass is 10.1. The van der Waals surface area contributed by atoms with E-state index in [0.717, 1.165) is 22.6 Å². The largest absolute Gasteiger partial charge is 0.399 e. The summed E-state index contributed by atoms with van der Waals surface area (Å²) in [5.74, 6) is 0.390. The first-order valence-corrected chi connectivity index (χ1v) is 5.34. The second-order valence-electron chi connectivity index (χ2n) is 4.11. The van der Waals surface area contributed by atoms with Gasteiger partial charge in [0.2, 0.25) is 0 Å². The van der Waals surface area contributed by atoms with E-state index in [-0.39, 0.29) is 0 Å². The number of nitrogens with two attached hydrogens (primary N) is 1. The first-order chi connectivity index (χ1) is 7.66. The Balaban J connectivity index is 2.40. The maximum Gasteiger partial charge on any atom is 0.0888 e. The monoisotopic (exact) mass is 213 g/mol. The molecule has 2 aromatic rings. The van der Waals surface area contributed by atoms with Crippen LogP contribution in [0.25, 0.3) is 11.3 Å². The van der Waals surface area contributed by atoms with Gasteiger partial charge in [0.1, 0.15) is 0 Å². The van der Waals surface area contributed by atoms with E-state index in [0.29, 0.717) is 5.92 Å². The van der Waals surface area contributed by atoms with Crippen LogP contribution in [-0.2, 0) is 0 Å². The summed E-state index contributed by atoms with van der Waals surface area (Å²) in [6, 6.07) is 7.67. The second-order valence-corrected chi connectivity index (χ2v) is 4.11. The Bertz CT molecular complexity index is 475. The predicted octanol–water partition coefficient (Wildman–Crippen LogP) is 2.85. The number of rotatable bonds is 2. The summed E-state index contributed by atoms with van der Waals surface area (Å²) in [7, 11) is 0. The Kier molecular flexibility index (Phi) is 2.86. The van der Waals surface area contributed by atoms with Crippen molar-refractivity contribution in [3.63, 3.8) is 0 Å². The molecule has 3 heteroatoms. The van der Waals surface area contributed by atoms with Crippen molar-refractivity contribution < 1.29 is 0 Å². The normalized spacial score (nSPS) is 10.7. The summed E-state index contributed by atoms with van der Waals surface area (Å²) >= 11 is 0. The maximum atomic E-state index is 5.65. The molecule has 2 N–H and O–H groups in total. The van der Waals surface area contributed by atoms with E-state index >= 15 is 0 Å². The zero-order chi connectivity index (χ0) is 11.5. The summed E-state index contributed by atoms with van der Waals surface area (Å²) in [5.41, 5.74) is 9.36. The Labute approximate surface area is 95.4 Å². The van der Waals surface area contributed by atoms with E-state index in [2.05, 4.69) is 23.8 Å². The third-order valence-electron chi connectivity index (χ3n) is 2.45. The van der Waals surface area contributed by atoms with Gasteiger partial charge in [-0.05, 0) is 18.1 Å². The molecule has 0 aliphatic carbocycles. The maximum absolute atomic E-state index is 5.65. The van der Waals surface area contributed by atoms with Crippen LogP contribution in [0.3, 0.4) is 0 Å². The average Bonchev–Trinajstić information content (AvgIpc) is 2.30. The van der Waals surface area contributed by atoms with Crippen LogP contribution < -0.4 is 5.73 Å². The van der Waals surface area contributed by atoms with Crippen LogP contribution in [0.15, 0.2) is 36.7 Å². The highest BCUT2D eigenvalue weighted by Crippen LogP contribution is 2.19. The number of nitrogens with zero attached hydrogens (tertiary/aromatic N) is 2. The van der Waals surface area contributed by atoms with Gasteiger partial charge in [-0.1, -0.05) is 26.0 Å². The molecule has 0 unspecified atom stereocenters. The van der Waals surface area contributed by atoms with Crippen LogP contribution in [0, 0.1) is 0 Å². The molecule has 0 spiro atoms. The molecule has 16 heavy (non-hydrogen) atoms. The lowest BCUT2D eigenvalue weighted by molar-refractivity contribution is 0.814. The number of hydrogen-bond acceptors (Lipinski definition) is 3. The minimum absolute atomic E-state index is 0.390. The van der Waals surface area contributed by atoms with Gasteiger partial charge in [0.15, 0.2) is 0 Å². The van der Waals surface area contributed by atoms with Crippen molar-refractivity contribution in [3.8, 4) is 11.3 Å². The Hall–Kier alpha value is -1.90. The molecule has 1 aromatic carbocycles. The predicted molar refractivity (Wildman–Crippen MR) is 66.0 cm³/mol. The first kappa shape index (κ1) is 10.6. The van der Waals surface area contributed by atoms with E-state index < -0.39 is 0 Å². The third kappa shape index (κ3) is 2.19. The van der Waals surface area contributed by atoms with E-state index in [1.807, 2.05) is 30.5 Å². The van der Waals surface area contributed by atoms with Crippen molar-refractivity contribution in [3.05, 3.63) is 42.4 Å². The highest BCUT2D eigenvalue weighted by atomic mass is 14.8. The molecule has 82 valence electrons. The topological polar surface area (TPSA) is 51.8 Å². The molecule has 0 saturated heterocycles. The van der Waals surface area contributed by atoms with E-state index in [1.54, 1.807) is 6.20 Å². The first-order valence-electron chi connectivity index (χ1n) is 5.34. The van der Waals surface area contributed by atoms with Crippen molar-refractivity contribution in [2.45, 2.75) is 19.8 Å². The molecular formula is C13H15N3. The van der Waals surface area contributed by atoms with Crippen molar-refractivity contribution in [2.24, 2.45) is 0 Å². The van der Waals surface area contributed by atoms with Gasteiger partial charge in [-0.15, -0.1) is 0 Å². The van der Waals surface area contributed by atoms with Gasteiger partial charge < -0.3 is 5.73 Å². The van der Waals surface area contributed by atoms with Crippen LogP contribution >= 0.6 is 0 Å². The molecule has 0 radical (unpaired) electrons. The lowest BCUT2D eigenvalue weighted by Crippen LogP contribution is -1.96. The second kappa shape index (κ2) is 4.31. The zero-order valence-corrected chi connectivity index (χ0v) is 9.51. The molecule has 0 bridgehead atoms. The van der Waals surface area contributed by atoms with Crippen LogP contribution in [-0.4, -0.2) is 9.97 Å². The molecular weight excluding hydrogens is 198 g/mol. The highest BCUT2D eigenvalue weighted by Gasteiger charge is 2.04. The SMILES string of the molecule is CC(C)c1cncc(-c2ccc(N)cc2)n1. The van der Waals surface area contributed by atoms with Gasteiger partial charge in [-0.2, -0.15) is 0 Å². The van der Waals surface area contributed by atoms with E-state index in [9.17, 15) is 0 Å². The molecule has 1 aromatic heterocycles. The number of nitrogen functional groups attached to an aromatic ring is 1. The standard InChI is InChI=1S/C13H15N3/c1-9(2)12-7-15-8-13(16-12)10-3-5-11(14)6-4-10/h3-9H,14H2,1-2H3. The number of aromatic nitrogens is 2. The van der Waals surface area contributed by atoms with Gasteiger partial charge >= 0.3 is 0 Å². The molecule has 0 aliphatic rings. The van der Waals surface area contributed by atoms with Crippen LogP contribution in [0.1, 0.15) is 25.5 Å². The molecule has 0 atom stereocenters. The average molecular weight is 213 g/mol. The summed E-state index contributed by atoms with van der Waals surface area (Å²) in [6.45, 7) is 4.22. The van der Waals surface area contributed by atoms with Gasteiger partial charge in [-0.25, -0.2) is 4.98 Å². The van der Waals surface area contributed by atoms with Crippen LogP contribution in [0.4, 0.5) is 5.69 Å². The third-order valence-corrected chi connectivity index (χ3v) is 2.45. The Morgan fingerprint density at radius 2 is 1.75 bits per heavy atom. The summed E-state index contributed by atoms with van der Waals surface area (Å²) in [4.78, 5) is 8.78. The molecule has 2 rings (SSSR count). The fourth-order valence-corrected chi connectivity index (χ4v) is 1.45. The summed E-state index contributed by atoms with van der Waals surface area (Å²) < 4.78 is 0. The van der Waals surface area contributed by atoms with Crippen molar-refractivity contribution in [1.82, 2.24) is 9.97 Å². The Morgan fingerprint density at radius 1 is 1.06 bits per heavy atom. The van der Waals surface area contributed by atoms with Gasteiger partial charge in [0, 0.05) is 17.4 Å². The van der Waals surface area contributed by atoms with Crippen molar-refractivity contribution >= 4 is 5.69 Å². The van der Waals surface area contributed by atoms with Crippen molar-refractivity contribution in [1.29, 1.82) is 0 Å². The number of anilines is 1. The Morgan fingerprint density at radius 3 is 2.38 bits per heavy atom. The molecule has 0 amide bonds. The van der Waals surface area contributed by atoms with Gasteiger partial charge in [0.05, 0.1) is 17.6 Å². The highest BCUT2D eigenvalue weighted by molar-refractivity contribution is 5.61. The number of hydrogen-bond donors (Lipinski definition) is 1. The molecule has 0 aliphatic heterocycles. The zero-order valence-electron chi connectivity index (χ0n) is 9.51. The van der Waals surface area contributed by atoms with Gasteiger partial charge in [0.25, 0.3) is 0 Å². The minimum Gasteiger partial charge on any atom is -0.399 e. The molecule has 0 saturated carbocycles. The van der Waals surface area contributed by atoms with E-state index in [4.69, 9.17) is 5.73 Å². The van der Waals surface area contributed by atoms with Crippen LogP contribution in [0.2, 0.25) is 0 Å². The van der Waals surface area contributed by atoms with Gasteiger partial charge in [-0.3, -0.25) is 4.98 Å². The fraction of sp³-hybridized carbons (Fsp3) is 0.231. The lowest BCUT2D eigenvalue weighted by Gasteiger charge is -2.06. The summed E-state index contributed by atoms with van der Waals surface area (Å²) in [5, 5.41) is 0. The molecule has 0 fully saturated rings. The van der Waals surface area contributed by atoms with Crippen molar-refractivity contribution in [2.75, 3.05) is 5.73 Å². The van der Waals surface area contributed by atoms with Crippen LogP contribution in [0.5, 0.6) is 0 Å². The van der Waals surface area contributed by atoms with E-state index in [1.165, 1.54) is 0 Å². The summed E-state index contributed by atoms with van der Waals surface area (Å²) in [6.07, 6.45) is 3.59. The minimum atomic E-state index is 0.390. The fourth-order valence-electron chi connectivity index (χ4n) is 1.45. The quantitative estimate of drug-likeness (QED) is 0.780. The molecule has 3 nitrogen and oxygen atoms in total. The smallest absolute Gasteiger partial charge is 0.0888 e. The number of benzene rings is 1. The molecule has 1 heterocycles.